The van der Waals surface area contributed by atoms with Crippen LogP contribution in [0.4, 0.5) is 0 Å². The van der Waals surface area contributed by atoms with E-state index in [2.05, 4.69) is 16.9 Å². The monoisotopic (exact) mass is 344 g/mol. The molecular weight excluding hydrogens is 324 g/mol. The molecule has 0 radical (unpaired) electrons. The van der Waals surface area contributed by atoms with E-state index in [1.54, 1.807) is 24.3 Å². The van der Waals surface area contributed by atoms with Crippen molar-refractivity contribution in [3.8, 4) is 0 Å². The van der Waals surface area contributed by atoms with Crippen molar-refractivity contribution < 1.29 is 9.59 Å². The molecular formula is C19H21ClN2O2. The summed E-state index contributed by atoms with van der Waals surface area (Å²) in [5, 5.41) is 0.624. The van der Waals surface area contributed by atoms with E-state index in [0.717, 1.165) is 11.1 Å². The van der Waals surface area contributed by atoms with Crippen molar-refractivity contribution in [2.24, 2.45) is 0 Å². The number of hydrogen-bond donors (Lipinski definition) is 2. The van der Waals surface area contributed by atoms with Crippen LogP contribution in [0.25, 0.3) is 0 Å². The normalized spacial score (nSPS) is 10.3. The molecule has 24 heavy (non-hydrogen) atoms. The SMILES string of the molecule is Cc1ccc(CCC(=O)NNC(=O)Cc2ccc(Cl)cc2)c(C)c1. The Kier molecular flexibility index (Phi) is 6.38. The van der Waals surface area contributed by atoms with E-state index >= 15 is 0 Å². The van der Waals surface area contributed by atoms with Crippen LogP contribution in [0, 0.1) is 13.8 Å². The third-order valence-electron chi connectivity index (χ3n) is 3.74. The maximum absolute atomic E-state index is 11.9. The van der Waals surface area contributed by atoms with Crippen LogP contribution >= 0.6 is 11.6 Å². The van der Waals surface area contributed by atoms with Gasteiger partial charge in [-0.1, -0.05) is 47.5 Å². The van der Waals surface area contributed by atoms with Gasteiger partial charge >= 0.3 is 0 Å². The second-order valence-electron chi connectivity index (χ2n) is 5.83. The molecule has 0 fully saturated rings. The Hall–Kier alpha value is -2.33. The maximum Gasteiger partial charge on any atom is 0.242 e. The first-order chi connectivity index (χ1) is 11.4. The van der Waals surface area contributed by atoms with Crippen LogP contribution in [0.5, 0.6) is 0 Å². The maximum atomic E-state index is 11.9. The average Bonchev–Trinajstić information content (AvgIpc) is 2.54. The Morgan fingerprint density at radius 3 is 2.29 bits per heavy atom. The Morgan fingerprint density at radius 2 is 1.62 bits per heavy atom. The lowest BCUT2D eigenvalue weighted by molar-refractivity contribution is -0.128. The minimum Gasteiger partial charge on any atom is -0.273 e. The summed E-state index contributed by atoms with van der Waals surface area (Å²) in [5.41, 5.74) is 9.24. The van der Waals surface area contributed by atoms with Gasteiger partial charge in [0.1, 0.15) is 0 Å². The van der Waals surface area contributed by atoms with E-state index in [4.69, 9.17) is 11.6 Å². The molecule has 5 heteroatoms. The largest absolute Gasteiger partial charge is 0.273 e. The number of carbonyl (C=O) groups is 2. The summed E-state index contributed by atoms with van der Waals surface area (Å²) in [6.07, 6.45) is 1.16. The lowest BCUT2D eigenvalue weighted by Gasteiger charge is -2.09. The fourth-order valence-corrected chi connectivity index (χ4v) is 2.53. The zero-order valence-corrected chi connectivity index (χ0v) is 14.6. The lowest BCUT2D eigenvalue weighted by Crippen LogP contribution is -2.42. The van der Waals surface area contributed by atoms with Crippen molar-refractivity contribution >= 4 is 23.4 Å². The highest BCUT2D eigenvalue weighted by atomic mass is 35.5. The van der Waals surface area contributed by atoms with Crippen molar-refractivity contribution in [3.05, 3.63) is 69.7 Å². The molecule has 0 saturated carbocycles. The van der Waals surface area contributed by atoms with Gasteiger partial charge in [-0.2, -0.15) is 0 Å². The minimum absolute atomic E-state index is 0.189. The predicted molar refractivity (Wildman–Crippen MR) is 95.7 cm³/mol. The molecule has 0 aliphatic heterocycles. The molecule has 0 aliphatic carbocycles. The standard InChI is InChI=1S/C19H21ClN2O2/c1-13-3-6-16(14(2)11-13)7-10-18(23)21-22-19(24)12-15-4-8-17(20)9-5-15/h3-6,8-9,11H,7,10,12H2,1-2H3,(H,21,23)(H,22,24). The summed E-state index contributed by atoms with van der Waals surface area (Å²) in [4.78, 5) is 23.7. The summed E-state index contributed by atoms with van der Waals surface area (Å²) >= 11 is 5.80. The van der Waals surface area contributed by atoms with Crippen molar-refractivity contribution in [1.29, 1.82) is 0 Å². The molecule has 0 unspecified atom stereocenters. The first-order valence-corrected chi connectivity index (χ1v) is 8.20. The van der Waals surface area contributed by atoms with Gasteiger partial charge in [0, 0.05) is 11.4 Å². The number of amides is 2. The highest BCUT2D eigenvalue weighted by Gasteiger charge is 2.07. The number of benzene rings is 2. The summed E-state index contributed by atoms with van der Waals surface area (Å²) in [7, 11) is 0. The van der Waals surface area contributed by atoms with Gasteiger partial charge in [0.15, 0.2) is 0 Å². The number of halogens is 1. The van der Waals surface area contributed by atoms with Crippen LogP contribution in [0.15, 0.2) is 42.5 Å². The minimum atomic E-state index is -0.266. The van der Waals surface area contributed by atoms with Crippen molar-refractivity contribution in [2.75, 3.05) is 0 Å². The molecule has 2 N–H and O–H groups in total. The second kappa shape index (κ2) is 8.50. The predicted octanol–water partition coefficient (Wildman–Crippen LogP) is 3.28. The first kappa shape index (κ1) is 18.0. The molecule has 0 aliphatic rings. The quantitative estimate of drug-likeness (QED) is 0.818. The second-order valence-corrected chi connectivity index (χ2v) is 6.27. The Morgan fingerprint density at radius 1 is 0.958 bits per heavy atom. The van der Waals surface area contributed by atoms with E-state index < -0.39 is 0 Å². The smallest absolute Gasteiger partial charge is 0.242 e. The van der Waals surface area contributed by atoms with Crippen molar-refractivity contribution in [1.82, 2.24) is 10.9 Å². The average molecular weight is 345 g/mol. The number of hydrogen-bond acceptors (Lipinski definition) is 2. The summed E-state index contributed by atoms with van der Waals surface area (Å²) < 4.78 is 0. The molecule has 0 aromatic heterocycles. The van der Waals surface area contributed by atoms with Crippen LogP contribution in [0.1, 0.15) is 28.7 Å². The van der Waals surface area contributed by atoms with E-state index in [0.29, 0.717) is 17.9 Å². The molecule has 0 bridgehead atoms. The van der Waals surface area contributed by atoms with Crippen LogP contribution in [0.3, 0.4) is 0 Å². The summed E-state index contributed by atoms with van der Waals surface area (Å²) in [5.74, 6) is -0.475. The van der Waals surface area contributed by atoms with E-state index in [1.807, 2.05) is 26.0 Å². The first-order valence-electron chi connectivity index (χ1n) is 7.82. The summed E-state index contributed by atoms with van der Waals surface area (Å²) in [6, 6.07) is 13.2. The molecule has 2 aromatic rings. The van der Waals surface area contributed by atoms with Crippen molar-refractivity contribution in [2.45, 2.75) is 33.1 Å². The highest BCUT2D eigenvalue weighted by molar-refractivity contribution is 6.30. The molecule has 2 rings (SSSR count). The molecule has 2 aromatic carbocycles. The molecule has 0 spiro atoms. The molecule has 0 saturated heterocycles. The van der Waals surface area contributed by atoms with Gasteiger partial charge in [0.05, 0.1) is 6.42 Å². The Labute approximate surface area is 147 Å². The third-order valence-corrected chi connectivity index (χ3v) is 3.99. The van der Waals surface area contributed by atoms with Gasteiger partial charge in [-0.3, -0.25) is 20.4 Å². The van der Waals surface area contributed by atoms with Gasteiger partial charge in [0.2, 0.25) is 11.8 Å². The van der Waals surface area contributed by atoms with Gasteiger partial charge in [-0.25, -0.2) is 0 Å². The van der Waals surface area contributed by atoms with E-state index in [9.17, 15) is 9.59 Å². The molecule has 126 valence electrons. The zero-order chi connectivity index (χ0) is 17.5. The highest BCUT2D eigenvalue weighted by Crippen LogP contribution is 2.12. The number of hydrazine groups is 1. The molecule has 0 heterocycles. The van der Waals surface area contributed by atoms with Crippen molar-refractivity contribution in [3.63, 3.8) is 0 Å². The lowest BCUT2D eigenvalue weighted by atomic mass is 10.0. The fraction of sp³-hybridized carbons (Fsp3) is 0.263. The molecule has 0 atom stereocenters. The van der Waals surface area contributed by atoms with Crippen LogP contribution in [-0.4, -0.2) is 11.8 Å². The number of rotatable bonds is 5. The third kappa shape index (κ3) is 5.70. The topological polar surface area (TPSA) is 58.2 Å². The fourth-order valence-electron chi connectivity index (χ4n) is 2.41. The van der Waals surface area contributed by atoms with E-state index in [1.165, 1.54) is 11.1 Å². The van der Waals surface area contributed by atoms with Crippen LogP contribution in [-0.2, 0) is 22.4 Å². The Bertz CT molecular complexity index is 727. The van der Waals surface area contributed by atoms with E-state index in [-0.39, 0.29) is 18.2 Å². The van der Waals surface area contributed by atoms with Crippen LogP contribution < -0.4 is 10.9 Å². The number of aryl methyl sites for hydroxylation is 3. The number of nitrogens with one attached hydrogen (secondary N) is 2. The molecule has 2 amide bonds. The van der Waals surface area contributed by atoms with Gasteiger partial charge in [0.25, 0.3) is 0 Å². The summed E-state index contributed by atoms with van der Waals surface area (Å²) in [6.45, 7) is 4.08. The molecule has 4 nitrogen and oxygen atoms in total. The Balaban J connectivity index is 1.74. The van der Waals surface area contributed by atoms with Crippen LogP contribution in [0.2, 0.25) is 5.02 Å². The van der Waals surface area contributed by atoms with Gasteiger partial charge < -0.3 is 0 Å². The number of carbonyl (C=O) groups excluding carboxylic acids is 2. The zero-order valence-electron chi connectivity index (χ0n) is 13.9. The van der Waals surface area contributed by atoms with Gasteiger partial charge in [-0.15, -0.1) is 0 Å². The van der Waals surface area contributed by atoms with Gasteiger partial charge in [-0.05, 0) is 49.1 Å².